The molecule has 3 heterocycles. The van der Waals surface area contributed by atoms with Gasteiger partial charge in [-0.15, -0.1) is 10.2 Å². The second kappa shape index (κ2) is 4.77. The van der Waals surface area contributed by atoms with E-state index in [2.05, 4.69) is 22.4 Å². The van der Waals surface area contributed by atoms with Gasteiger partial charge in [0.1, 0.15) is 5.01 Å². The number of fused-ring (bicyclic) bond motifs is 1. The van der Waals surface area contributed by atoms with E-state index in [1.54, 1.807) is 11.3 Å². The normalized spacial score (nSPS) is 28.4. The van der Waals surface area contributed by atoms with Crippen molar-refractivity contribution >= 4 is 16.3 Å². The third-order valence-corrected chi connectivity index (χ3v) is 6.05. The lowest BCUT2D eigenvalue weighted by atomic mass is 9.83. The molecule has 108 valence electrons. The molecule has 1 saturated carbocycles. The van der Waals surface area contributed by atoms with Gasteiger partial charge in [-0.25, -0.2) is 0 Å². The van der Waals surface area contributed by atoms with E-state index in [4.69, 9.17) is 5.10 Å². The molecule has 2 fully saturated rings. The van der Waals surface area contributed by atoms with Crippen molar-refractivity contribution in [2.75, 3.05) is 13.1 Å². The smallest absolute Gasteiger partial charge is 0.234 e. The van der Waals surface area contributed by atoms with Crippen LogP contribution in [0.25, 0.3) is 4.96 Å². The molecule has 0 bridgehead atoms. The quantitative estimate of drug-likeness (QED) is 0.923. The number of hydrogen-bond donors (Lipinski definition) is 1. The Morgan fingerprint density at radius 2 is 2.10 bits per heavy atom. The predicted molar refractivity (Wildman–Crippen MR) is 79.3 cm³/mol. The zero-order chi connectivity index (χ0) is 13.6. The molecule has 6 heteroatoms. The minimum atomic E-state index is 0.163. The highest BCUT2D eigenvalue weighted by molar-refractivity contribution is 7.16. The maximum Gasteiger partial charge on any atom is 0.234 e. The van der Waals surface area contributed by atoms with Crippen LogP contribution >= 0.6 is 11.3 Å². The maximum absolute atomic E-state index is 4.88. The van der Waals surface area contributed by atoms with Crippen LogP contribution in [0.5, 0.6) is 0 Å². The topological polar surface area (TPSA) is 55.1 Å². The molecule has 0 aromatic carbocycles. The molecule has 1 N–H and O–H groups in total. The van der Waals surface area contributed by atoms with Crippen molar-refractivity contribution in [1.29, 1.82) is 0 Å². The first-order valence-corrected chi connectivity index (χ1v) is 8.51. The fourth-order valence-electron chi connectivity index (χ4n) is 3.55. The number of hydrogen-bond acceptors (Lipinski definition) is 5. The van der Waals surface area contributed by atoms with Gasteiger partial charge < -0.3 is 5.32 Å². The number of piperidine rings is 1. The third kappa shape index (κ3) is 1.97. The summed E-state index contributed by atoms with van der Waals surface area (Å²) >= 11 is 1.72. The van der Waals surface area contributed by atoms with Crippen LogP contribution < -0.4 is 5.32 Å². The summed E-state index contributed by atoms with van der Waals surface area (Å²) < 4.78 is 2.02. The first-order valence-electron chi connectivity index (χ1n) is 7.70. The highest BCUT2D eigenvalue weighted by Gasteiger charge is 2.34. The lowest BCUT2D eigenvalue weighted by Crippen LogP contribution is -2.41. The van der Waals surface area contributed by atoms with E-state index in [-0.39, 0.29) is 5.41 Å². The Kier molecular flexibility index (Phi) is 3.03. The Balaban J connectivity index is 1.71. The van der Waals surface area contributed by atoms with E-state index in [1.807, 2.05) is 4.52 Å². The third-order valence-electron chi connectivity index (χ3n) is 4.85. The molecule has 0 spiro atoms. The van der Waals surface area contributed by atoms with E-state index in [0.717, 1.165) is 23.9 Å². The molecule has 20 heavy (non-hydrogen) atoms. The number of rotatable bonds is 2. The van der Waals surface area contributed by atoms with Crippen LogP contribution in [0.15, 0.2) is 0 Å². The van der Waals surface area contributed by atoms with Crippen LogP contribution in [0.1, 0.15) is 62.2 Å². The van der Waals surface area contributed by atoms with E-state index in [1.165, 1.54) is 43.5 Å². The number of nitrogens with one attached hydrogen (secondary N) is 1. The van der Waals surface area contributed by atoms with Crippen LogP contribution in [0, 0.1) is 0 Å². The zero-order valence-corrected chi connectivity index (χ0v) is 12.7. The molecule has 0 amide bonds. The summed E-state index contributed by atoms with van der Waals surface area (Å²) in [5, 5.41) is 18.4. The van der Waals surface area contributed by atoms with Crippen LogP contribution in [-0.4, -0.2) is 32.9 Å². The monoisotopic (exact) mass is 291 g/mol. The van der Waals surface area contributed by atoms with E-state index >= 15 is 0 Å². The second-order valence-corrected chi connectivity index (χ2v) is 7.44. The van der Waals surface area contributed by atoms with Gasteiger partial charge in [-0.05, 0) is 32.2 Å². The summed E-state index contributed by atoms with van der Waals surface area (Å²) in [4.78, 5) is 0.966. The van der Waals surface area contributed by atoms with Crippen LogP contribution in [0.3, 0.4) is 0 Å². The molecule has 1 aliphatic heterocycles. The molecule has 0 radical (unpaired) electrons. The van der Waals surface area contributed by atoms with Crippen LogP contribution in [0.4, 0.5) is 0 Å². The van der Waals surface area contributed by atoms with Crippen molar-refractivity contribution in [1.82, 2.24) is 25.1 Å². The van der Waals surface area contributed by atoms with Gasteiger partial charge in [0.15, 0.2) is 5.82 Å². The molecule has 1 saturated heterocycles. The van der Waals surface area contributed by atoms with Gasteiger partial charge in [0, 0.05) is 17.9 Å². The highest BCUT2D eigenvalue weighted by Crippen LogP contribution is 2.36. The lowest BCUT2D eigenvalue weighted by molar-refractivity contribution is 0.335. The zero-order valence-electron chi connectivity index (χ0n) is 11.9. The average molecular weight is 291 g/mol. The molecular formula is C14H21N5S. The Bertz CT molecular complexity index is 604. The Labute approximate surface area is 122 Å². The van der Waals surface area contributed by atoms with Crippen molar-refractivity contribution in [2.45, 2.75) is 56.8 Å². The van der Waals surface area contributed by atoms with Crippen molar-refractivity contribution < 1.29 is 0 Å². The summed E-state index contributed by atoms with van der Waals surface area (Å²) in [7, 11) is 0. The van der Waals surface area contributed by atoms with Gasteiger partial charge in [-0.1, -0.05) is 31.1 Å². The molecule has 1 unspecified atom stereocenters. The summed E-state index contributed by atoms with van der Waals surface area (Å²) in [6, 6.07) is 0. The van der Waals surface area contributed by atoms with Crippen molar-refractivity contribution in [3.63, 3.8) is 0 Å². The van der Waals surface area contributed by atoms with Crippen LogP contribution in [-0.2, 0) is 5.41 Å². The van der Waals surface area contributed by atoms with Gasteiger partial charge in [-0.2, -0.15) is 9.61 Å². The Hall–Kier alpha value is -1.01. The number of aromatic nitrogens is 4. The van der Waals surface area contributed by atoms with E-state index in [9.17, 15) is 0 Å². The van der Waals surface area contributed by atoms with Crippen LogP contribution in [0.2, 0.25) is 0 Å². The fraction of sp³-hybridized carbons (Fsp3) is 0.786. The standard InChI is InChI=1S/C14H21N5S/c1-14(7-4-8-15-9-14)12-18-19-11(10-5-2-3-6-10)16-17-13(19)20-12/h10,15H,2-9H2,1H3. The molecular weight excluding hydrogens is 270 g/mol. The summed E-state index contributed by atoms with van der Waals surface area (Å²) in [6.07, 6.45) is 7.56. The van der Waals surface area contributed by atoms with Crippen molar-refractivity contribution in [3.8, 4) is 0 Å². The first-order chi connectivity index (χ1) is 9.76. The summed E-state index contributed by atoms with van der Waals surface area (Å²) in [6.45, 7) is 4.48. The SMILES string of the molecule is CC1(c2nn3c(C4CCCC4)nnc3s2)CCCNC1. The lowest BCUT2D eigenvalue weighted by Gasteiger charge is -2.31. The number of nitrogens with zero attached hydrogens (tertiary/aromatic N) is 4. The minimum Gasteiger partial charge on any atom is -0.316 e. The van der Waals surface area contributed by atoms with Gasteiger partial charge in [0.2, 0.25) is 4.96 Å². The first kappa shape index (κ1) is 12.7. The molecule has 4 rings (SSSR count). The molecule has 2 aromatic heterocycles. The molecule has 2 aliphatic rings. The summed E-state index contributed by atoms with van der Waals surface area (Å²) in [5.41, 5.74) is 0.163. The Morgan fingerprint density at radius 3 is 2.85 bits per heavy atom. The molecule has 1 aliphatic carbocycles. The summed E-state index contributed by atoms with van der Waals surface area (Å²) in [5.74, 6) is 1.66. The van der Waals surface area contributed by atoms with Gasteiger partial charge >= 0.3 is 0 Å². The van der Waals surface area contributed by atoms with Gasteiger partial charge in [-0.3, -0.25) is 0 Å². The predicted octanol–water partition coefficient (Wildman–Crippen LogP) is 2.48. The highest BCUT2D eigenvalue weighted by atomic mass is 32.1. The second-order valence-electron chi connectivity index (χ2n) is 6.48. The van der Waals surface area contributed by atoms with Crippen molar-refractivity contribution in [3.05, 3.63) is 10.8 Å². The van der Waals surface area contributed by atoms with Crippen molar-refractivity contribution in [2.24, 2.45) is 0 Å². The van der Waals surface area contributed by atoms with E-state index in [0.29, 0.717) is 5.92 Å². The fourth-order valence-corrected chi connectivity index (χ4v) is 4.57. The largest absolute Gasteiger partial charge is 0.316 e. The molecule has 1 atom stereocenters. The average Bonchev–Trinajstić information content (AvgIpc) is 3.15. The van der Waals surface area contributed by atoms with Gasteiger partial charge in [0.05, 0.1) is 0 Å². The van der Waals surface area contributed by atoms with Gasteiger partial charge in [0.25, 0.3) is 0 Å². The Morgan fingerprint density at radius 1 is 1.25 bits per heavy atom. The molecule has 5 nitrogen and oxygen atoms in total. The van der Waals surface area contributed by atoms with E-state index < -0.39 is 0 Å². The minimum absolute atomic E-state index is 0.163. The maximum atomic E-state index is 4.88. The molecule has 2 aromatic rings.